The lowest BCUT2D eigenvalue weighted by molar-refractivity contribution is -0.327. The summed E-state index contributed by atoms with van der Waals surface area (Å²) in [5, 5.41) is 25.7. The second kappa shape index (κ2) is 5.11. The summed E-state index contributed by atoms with van der Waals surface area (Å²) < 4.78 is 23.6. The second-order valence-electron chi connectivity index (χ2n) is 7.85. The van der Waals surface area contributed by atoms with E-state index < -0.39 is 28.9 Å². The number of ether oxygens (including phenoxy) is 4. The number of hydrogen-bond donors (Lipinski definition) is 3. The van der Waals surface area contributed by atoms with E-state index in [1.54, 1.807) is 27.4 Å². The van der Waals surface area contributed by atoms with Crippen molar-refractivity contribution < 1.29 is 29.2 Å². The molecule has 0 amide bonds. The second-order valence-corrected chi connectivity index (χ2v) is 7.85. The van der Waals surface area contributed by atoms with Gasteiger partial charge in [-0.1, -0.05) is 6.07 Å². The van der Waals surface area contributed by atoms with Crippen molar-refractivity contribution in [1.82, 2.24) is 5.32 Å². The number of methoxy groups -OCH3 is 3. The van der Waals surface area contributed by atoms with Crippen LogP contribution in [0.15, 0.2) is 12.1 Å². The van der Waals surface area contributed by atoms with Crippen molar-refractivity contribution >= 4 is 0 Å². The van der Waals surface area contributed by atoms with Gasteiger partial charge in [-0.25, -0.2) is 0 Å². The van der Waals surface area contributed by atoms with Crippen molar-refractivity contribution in [3.63, 3.8) is 0 Å². The monoisotopic (exact) mass is 363 g/mol. The van der Waals surface area contributed by atoms with Crippen LogP contribution in [0.5, 0.6) is 11.5 Å². The standard InChI is InChI=1S/C19H25NO6/c1-23-12-5-4-10-13-9-18-17(6-7-20-18,14(10)15(12)22)8-11(21)16(24-2)19(18,25-3)26-13/h4-5,11,13,16,20-22H,6-9H2,1-3H3/t11-,13+,16-,17+,18-,19-/m0/s1. The predicted octanol–water partition coefficient (Wildman–Crippen LogP) is 0.968. The van der Waals surface area contributed by atoms with Crippen LogP contribution in [0.4, 0.5) is 0 Å². The van der Waals surface area contributed by atoms with Crippen molar-refractivity contribution in [2.45, 2.75) is 54.3 Å². The number of aliphatic hydroxyl groups excluding tert-OH is 1. The number of fused-ring (bicyclic) bond motifs is 3. The lowest BCUT2D eigenvalue weighted by atomic mass is 9.51. The highest BCUT2D eigenvalue weighted by molar-refractivity contribution is 5.61. The minimum Gasteiger partial charge on any atom is -0.504 e. The molecule has 0 unspecified atom stereocenters. The number of phenols is 1. The van der Waals surface area contributed by atoms with Gasteiger partial charge in [0.15, 0.2) is 11.5 Å². The van der Waals surface area contributed by atoms with E-state index >= 15 is 0 Å². The van der Waals surface area contributed by atoms with Crippen LogP contribution < -0.4 is 10.1 Å². The number of nitrogens with one attached hydrogen (secondary N) is 1. The summed E-state index contributed by atoms with van der Waals surface area (Å²) in [7, 11) is 4.73. The Morgan fingerprint density at radius 3 is 2.73 bits per heavy atom. The van der Waals surface area contributed by atoms with Crippen LogP contribution in [-0.4, -0.2) is 61.6 Å². The molecule has 0 radical (unpaired) electrons. The predicted molar refractivity (Wildman–Crippen MR) is 91.3 cm³/mol. The van der Waals surface area contributed by atoms with Crippen molar-refractivity contribution in [2.75, 3.05) is 27.9 Å². The molecule has 7 nitrogen and oxygen atoms in total. The quantitative estimate of drug-likeness (QED) is 0.737. The molecule has 7 heteroatoms. The van der Waals surface area contributed by atoms with Gasteiger partial charge in [0.1, 0.15) is 6.10 Å². The SMILES string of the molecule is COc1ccc2c(c1O)[C@]13CCN[C@@]14C[C@H]2O[C@@]4(OC)[C@@H](OC)[C@@H](O)C3. The van der Waals surface area contributed by atoms with Crippen LogP contribution in [-0.2, 0) is 19.6 Å². The Morgan fingerprint density at radius 1 is 1.23 bits per heavy atom. The van der Waals surface area contributed by atoms with Crippen LogP contribution in [0.3, 0.4) is 0 Å². The van der Waals surface area contributed by atoms with Gasteiger partial charge in [-0.05, 0) is 31.0 Å². The molecule has 1 spiro atoms. The third-order valence-electron chi connectivity index (χ3n) is 7.26. The van der Waals surface area contributed by atoms with E-state index in [-0.39, 0.29) is 11.9 Å². The van der Waals surface area contributed by atoms with Gasteiger partial charge in [0.25, 0.3) is 0 Å². The summed E-state index contributed by atoms with van der Waals surface area (Å²) in [6, 6.07) is 3.74. The molecule has 1 aromatic rings. The normalized spacial score (nSPS) is 45.3. The molecule has 0 aromatic heterocycles. The van der Waals surface area contributed by atoms with Crippen molar-refractivity contribution in [3.8, 4) is 11.5 Å². The Balaban J connectivity index is 1.84. The van der Waals surface area contributed by atoms with Gasteiger partial charge in [0.05, 0.1) is 24.9 Å². The minimum atomic E-state index is -1.13. The smallest absolute Gasteiger partial charge is 0.217 e. The molecule has 3 N–H and O–H groups in total. The number of rotatable bonds is 3. The summed E-state index contributed by atoms with van der Waals surface area (Å²) in [4.78, 5) is 0. The van der Waals surface area contributed by atoms with E-state index in [1.807, 2.05) is 6.07 Å². The van der Waals surface area contributed by atoms with E-state index in [1.165, 1.54) is 0 Å². The van der Waals surface area contributed by atoms with Gasteiger partial charge in [-0.15, -0.1) is 0 Å². The first-order valence-electron chi connectivity index (χ1n) is 9.09. The Bertz CT molecular complexity index is 771. The molecule has 2 aliphatic carbocycles. The molecule has 2 aliphatic heterocycles. The minimum absolute atomic E-state index is 0.140. The van der Waals surface area contributed by atoms with Crippen molar-refractivity contribution in [2.24, 2.45) is 0 Å². The van der Waals surface area contributed by atoms with Crippen molar-refractivity contribution in [3.05, 3.63) is 23.3 Å². The van der Waals surface area contributed by atoms with Crippen LogP contribution >= 0.6 is 0 Å². The van der Waals surface area contributed by atoms with Gasteiger partial charge in [-0.3, -0.25) is 0 Å². The zero-order valence-electron chi connectivity index (χ0n) is 15.2. The molecule has 26 heavy (non-hydrogen) atoms. The van der Waals surface area contributed by atoms with Gasteiger partial charge >= 0.3 is 0 Å². The number of hydrogen-bond acceptors (Lipinski definition) is 7. The maximum absolute atomic E-state index is 11.1. The molecule has 1 aromatic carbocycles. The third-order valence-corrected chi connectivity index (χ3v) is 7.26. The number of aliphatic hydroxyl groups is 1. The summed E-state index contributed by atoms with van der Waals surface area (Å²) in [6.45, 7) is 0.750. The molecule has 2 heterocycles. The molecule has 6 atom stereocenters. The Labute approximate surface area is 152 Å². The van der Waals surface area contributed by atoms with Gasteiger partial charge in [0, 0.05) is 31.6 Å². The first kappa shape index (κ1) is 16.8. The van der Waals surface area contributed by atoms with E-state index in [4.69, 9.17) is 18.9 Å². The van der Waals surface area contributed by atoms with Crippen LogP contribution in [0.1, 0.15) is 36.5 Å². The number of aromatic hydroxyl groups is 1. The Morgan fingerprint density at radius 2 is 2.04 bits per heavy atom. The summed E-state index contributed by atoms with van der Waals surface area (Å²) >= 11 is 0. The van der Waals surface area contributed by atoms with Gasteiger partial charge < -0.3 is 34.5 Å². The summed E-state index contributed by atoms with van der Waals surface area (Å²) in [6.07, 6.45) is 0.316. The van der Waals surface area contributed by atoms with E-state index in [9.17, 15) is 10.2 Å². The molecule has 1 saturated carbocycles. The van der Waals surface area contributed by atoms with E-state index in [2.05, 4.69) is 5.32 Å². The average molecular weight is 363 g/mol. The first-order valence-corrected chi connectivity index (χ1v) is 9.09. The Hall–Kier alpha value is -1.38. The highest BCUT2D eigenvalue weighted by Gasteiger charge is 2.81. The fraction of sp³-hybridized carbons (Fsp3) is 0.684. The molecule has 5 rings (SSSR count). The van der Waals surface area contributed by atoms with E-state index in [0.29, 0.717) is 18.6 Å². The molecule has 2 saturated heterocycles. The summed E-state index contributed by atoms with van der Waals surface area (Å²) in [5.41, 5.74) is 0.685. The molecule has 4 aliphatic rings. The number of phenolic OH excluding ortho intramolecular Hbond substituents is 1. The zero-order valence-corrected chi connectivity index (χ0v) is 15.2. The lowest BCUT2D eigenvalue weighted by Gasteiger charge is -2.59. The summed E-state index contributed by atoms with van der Waals surface area (Å²) in [5.74, 6) is -0.548. The van der Waals surface area contributed by atoms with Crippen molar-refractivity contribution in [1.29, 1.82) is 0 Å². The molecule has 3 fully saturated rings. The topological polar surface area (TPSA) is 89.4 Å². The highest BCUT2D eigenvalue weighted by Crippen LogP contribution is 2.70. The fourth-order valence-electron chi connectivity index (χ4n) is 6.46. The zero-order chi connectivity index (χ0) is 18.3. The lowest BCUT2D eigenvalue weighted by Crippen LogP contribution is -2.77. The highest BCUT2D eigenvalue weighted by atomic mass is 16.7. The molecular formula is C19H25NO6. The molecular weight excluding hydrogens is 338 g/mol. The number of benzene rings is 1. The Kier molecular flexibility index (Phi) is 3.30. The third kappa shape index (κ3) is 1.51. The molecule has 142 valence electrons. The average Bonchev–Trinajstić information content (AvgIpc) is 3.16. The maximum Gasteiger partial charge on any atom is 0.217 e. The van der Waals surface area contributed by atoms with Gasteiger partial charge in [0.2, 0.25) is 5.79 Å². The van der Waals surface area contributed by atoms with Crippen LogP contribution in [0.2, 0.25) is 0 Å². The van der Waals surface area contributed by atoms with E-state index in [0.717, 1.165) is 24.1 Å². The maximum atomic E-state index is 11.1. The first-order chi connectivity index (χ1) is 12.5. The molecule has 2 bridgehead atoms. The van der Waals surface area contributed by atoms with Gasteiger partial charge in [-0.2, -0.15) is 0 Å². The van der Waals surface area contributed by atoms with Crippen LogP contribution in [0.25, 0.3) is 0 Å². The van der Waals surface area contributed by atoms with Crippen LogP contribution in [0, 0.1) is 0 Å². The fourth-order valence-corrected chi connectivity index (χ4v) is 6.46. The largest absolute Gasteiger partial charge is 0.504 e.